The standard InChI is InChI=1S/C27H37N5O2/c1-19-11-8-9-15-31(19)16-10-14-28-26(33)21-17-22(20-12-6-7-13-23(20)34-5)32-25(29-21)18-24(30-32)27(2,3)4/h6-7,12-13,17-19H,8-11,14-16H2,1-5H3,(H,28,33). The van der Waals surface area contributed by atoms with Gasteiger partial charge in [-0.05, 0) is 50.9 Å². The maximum absolute atomic E-state index is 13.1. The minimum Gasteiger partial charge on any atom is -0.496 e. The van der Waals surface area contributed by atoms with Crippen LogP contribution in [-0.2, 0) is 5.41 Å². The number of rotatable bonds is 7. The predicted octanol–water partition coefficient (Wildman–Crippen LogP) is 4.70. The van der Waals surface area contributed by atoms with Crippen molar-refractivity contribution in [3.05, 3.63) is 47.8 Å². The summed E-state index contributed by atoms with van der Waals surface area (Å²) in [5.41, 5.74) is 3.48. The van der Waals surface area contributed by atoms with Crippen LogP contribution in [0.2, 0.25) is 0 Å². The van der Waals surface area contributed by atoms with Crippen LogP contribution in [0.5, 0.6) is 5.75 Å². The lowest BCUT2D eigenvalue weighted by Gasteiger charge is -2.33. The molecule has 3 heterocycles. The van der Waals surface area contributed by atoms with E-state index >= 15 is 0 Å². The lowest BCUT2D eigenvalue weighted by Crippen LogP contribution is -2.39. The number of methoxy groups -OCH3 is 1. The van der Waals surface area contributed by atoms with Crippen LogP contribution in [0.1, 0.15) is 69.6 Å². The van der Waals surface area contributed by atoms with E-state index < -0.39 is 0 Å². The van der Waals surface area contributed by atoms with Gasteiger partial charge in [-0.3, -0.25) is 4.79 Å². The van der Waals surface area contributed by atoms with E-state index in [1.54, 1.807) is 7.11 Å². The number of nitrogens with one attached hydrogen (secondary N) is 1. The summed E-state index contributed by atoms with van der Waals surface area (Å²) >= 11 is 0. The highest BCUT2D eigenvalue weighted by atomic mass is 16.5. The van der Waals surface area contributed by atoms with E-state index in [9.17, 15) is 4.79 Å². The number of carbonyl (C=O) groups is 1. The number of benzene rings is 1. The maximum Gasteiger partial charge on any atom is 0.270 e. The summed E-state index contributed by atoms with van der Waals surface area (Å²) in [6, 6.07) is 12.2. The average Bonchev–Trinajstić information content (AvgIpc) is 3.27. The number of carbonyl (C=O) groups excluding carboxylic acids is 1. The number of nitrogens with zero attached hydrogens (tertiary/aromatic N) is 4. The Balaban J connectivity index is 1.59. The van der Waals surface area contributed by atoms with E-state index in [1.165, 1.54) is 19.3 Å². The number of para-hydroxylation sites is 1. The van der Waals surface area contributed by atoms with Crippen molar-refractivity contribution in [2.75, 3.05) is 26.7 Å². The van der Waals surface area contributed by atoms with Crippen molar-refractivity contribution in [2.24, 2.45) is 0 Å². The number of hydrogen-bond donors (Lipinski definition) is 1. The van der Waals surface area contributed by atoms with Crippen molar-refractivity contribution >= 4 is 11.6 Å². The molecule has 7 heteroatoms. The second-order valence-corrected chi connectivity index (χ2v) is 10.3. The molecule has 1 amide bonds. The van der Waals surface area contributed by atoms with Crippen LogP contribution >= 0.6 is 0 Å². The lowest BCUT2D eigenvalue weighted by molar-refractivity contribution is 0.0944. The topological polar surface area (TPSA) is 71.8 Å². The number of amides is 1. The first-order valence-electron chi connectivity index (χ1n) is 12.3. The lowest BCUT2D eigenvalue weighted by atomic mass is 9.93. The monoisotopic (exact) mass is 463 g/mol. The van der Waals surface area contributed by atoms with Crippen LogP contribution in [0.3, 0.4) is 0 Å². The molecule has 3 aromatic rings. The number of aromatic nitrogens is 3. The van der Waals surface area contributed by atoms with Gasteiger partial charge >= 0.3 is 0 Å². The van der Waals surface area contributed by atoms with Crippen LogP contribution in [0, 0.1) is 0 Å². The van der Waals surface area contributed by atoms with Crippen molar-refractivity contribution in [1.82, 2.24) is 24.8 Å². The zero-order valence-electron chi connectivity index (χ0n) is 21.1. The van der Waals surface area contributed by atoms with Crippen LogP contribution in [0.4, 0.5) is 0 Å². The third-order valence-corrected chi connectivity index (χ3v) is 6.66. The zero-order chi connectivity index (χ0) is 24.3. The van der Waals surface area contributed by atoms with Crippen molar-refractivity contribution in [3.8, 4) is 17.0 Å². The Labute approximate surface area is 202 Å². The highest BCUT2D eigenvalue weighted by Gasteiger charge is 2.23. The third-order valence-electron chi connectivity index (χ3n) is 6.66. The normalized spacial score (nSPS) is 17.1. The van der Waals surface area contributed by atoms with Gasteiger partial charge in [-0.1, -0.05) is 39.3 Å². The Hall–Kier alpha value is -2.93. The molecule has 1 N–H and O–H groups in total. The third kappa shape index (κ3) is 5.25. The minimum atomic E-state index is -0.163. The van der Waals surface area contributed by atoms with Gasteiger partial charge in [0.05, 0.1) is 18.5 Å². The van der Waals surface area contributed by atoms with Crippen LogP contribution in [0.25, 0.3) is 16.9 Å². The quantitative estimate of drug-likeness (QED) is 0.515. The Bertz CT molecular complexity index is 1150. The van der Waals surface area contributed by atoms with Gasteiger partial charge in [0.25, 0.3) is 5.91 Å². The van der Waals surface area contributed by atoms with Crippen molar-refractivity contribution in [3.63, 3.8) is 0 Å². The Kier molecular flexibility index (Phi) is 7.22. The molecule has 0 spiro atoms. The molecular formula is C27H37N5O2. The number of hydrogen-bond acceptors (Lipinski definition) is 5. The van der Waals surface area contributed by atoms with E-state index in [0.29, 0.717) is 23.9 Å². The smallest absolute Gasteiger partial charge is 0.270 e. The van der Waals surface area contributed by atoms with E-state index in [2.05, 4.69) is 42.9 Å². The highest BCUT2D eigenvalue weighted by molar-refractivity contribution is 5.94. The van der Waals surface area contributed by atoms with E-state index in [0.717, 1.165) is 42.2 Å². The van der Waals surface area contributed by atoms with Gasteiger partial charge < -0.3 is 15.0 Å². The summed E-state index contributed by atoms with van der Waals surface area (Å²) in [5.74, 6) is 0.564. The second-order valence-electron chi connectivity index (χ2n) is 10.3. The zero-order valence-corrected chi connectivity index (χ0v) is 21.1. The van der Waals surface area contributed by atoms with Gasteiger partial charge in [0.1, 0.15) is 11.4 Å². The average molecular weight is 464 g/mol. The van der Waals surface area contributed by atoms with Crippen molar-refractivity contribution in [1.29, 1.82) is 0 Å². The summed E-state index contributed by atoms with van der Waals surface area (Å²) in [5, 5.41) is 7.91. The summed E-state index contributed by atoms with van der Waals surface area (Å²) in [6.07, 6.45) is 4.79. The fraction of sp³-hybridized carbons (Fsp3) is 0.519. The molecule has 34 heavy (non-hydrogen) atoms. The number of fused-ring (bicyclic) bond motifs is 1. The van der Waals surface area contributed by atoms with Crippen LogP contribution < -0.4 is 10.1 Å². The Morgan fingerprint density at radius 2 is 2.00 bits per heavy atom. The molecule has 7 nitrogen and oxygen atoms in total. The fourth-order valence-electron chi connectivity index (χ4n) is 4.57. The molecule has 1 fully saturated rings. The molecule has 1 unspecified atom stereocenters. The van der Waals surface area contributed by atoms with Gasteiger partial charge in [0.2, 0.25) is 0 Å². The summed E-state index contributed by atoms with van der Waals surface area (Å²) in [6.45, 7) is 11.5. The van der Waals surface area contributed by atoms with E-state index in [4.69, 9.17) is 9.84 Å². The molecular weight excluding hydrogens is 426 g/mol. The maximum atomic E-state index is 13.1. The van der Waals surface area contributed by atoms with Gasteiger partial charge in [-0.2, -0.15) is 5.10 Å². The number of ether oxygens (including phenoxy) is 1. The minimum absolute atomic E-state index is 0.139. The SMILES string of the molecule is COc1ccccc1-c1cc(C(=O)NCCCN2CCCCC2C)nc2cc(C(C)(C)C)nn12. The van der Waals surface area contributed by atoms with Gasteiger partial charge in [0.15, 0.2) is 5.65 Å². The molecule has 0 saturated carbocycles. The molecule has 1 aliphatic heterocycles. The summed E-state index contributed by atoms with van der Waals surface area (Å²) < 4.78 is 7.41. The first kappa shape index (κ1) is 24.2. The Morgan fingerprint density at radius 3 is 2.74 bits per heavy atom. The van der Waals surface area contributed by atoms with Crippen LogP contribution in [-0.4, -0.2) is 58.2 Å². The van der Waals surface area contributed by atoms with Gasteiger partial charge in [-0.25, -0.2) is 9.50 Å². The summed E-state index contributed by atoms with van der Waals surface area (Å²) in [7, 11) is 1.65. The van der Waals surface area contributed by atoms with Gasteiger partial charge in [0, 0.05) is 36.2 Å². The predicted molar refractivity (Wildman–Crippen MR) is 136 cm³/mol. The number of likely N-dealkylation sites (tertiary alicyclic amines) is 1. The highest BCUT2D eigenvalue weighted by Crippen LogP contribution is 2.31. The molecule has 0 aliphatic carbocycles. The molecule has 1 aliphatic rings. The van der Waals surface area contributed by atoms with Crippen molar-refractivity contribution < 1.29 is 9.53 Å². The first-order valence-corrected chi connectivity index (χ1v) is 12.3. The van der Waals surface area contributed by atoms with Crippen LogP contribution in [0.15, 0.2) is 36.4 Å². The molecule has 0 radical (unpaired) electrons. The number of piperidine rings is 1. The second kappa shape index (κ2) is 10.1. The largest absolute Gasteiger partial charge is 0.496 e. The molecule has 182 valence electrons. The van der Waals surface area contributed by atoms with E-state index in [1.807, 2.05) is 40.9 Å². The fourth-order valence-corrected chi connectivity index (χ4v) is 4.57. The molecule has 4 rings (SSSR count). The molecule has 0 bridgehead atoms. The first-order chi connectivity index (χ1) is 16.3. The van der Waals surface area contributed by atoms with E-state index in [-0.39, 0.29) is 11.3 Å². The van der Waals surface area contributed by atoms with Gasteiger partial charge in [-0.15, -0.1) is 0 Å². The Morgan fingerprint density at radius 1 is 1.21 bits per heavy atom. The molecule has 1 saturated heterocycles. The molecule has 1 aromatic carbocycles. The van der Waals surface area contributed by atoms with Crippen molar-refractivity contribution in [2.45, 2.75) is 64.8 Å². The molecule has 2 aromatic heterocycles. The summed E-state index contributed by atoms with van der Waals surface area (Å²) in [4.78, 5) is 20.3. The molecule has 1 atom stereocenters.